The fourth-order valence-electron chi connectivity index (χ4n) is 3.98. The lowest BCUT2D eigenvalue weighted by atomic mass is 9.78. The lowest BCUT2D eigenvalue weighted by molar-refractivity contribution is -0.187. The molecule has 1 aromatic carbocycles. The van der Waals surface area contributed by atoms with Crippen molar-refractivity contribution in [3.05, 3.63) is 29.8 Å². The van der Waals surface area contributed by atoms with Crippen LogP contribution in [0.3, 0.4) is 0 Å². The van der Waals surface area contributed by atoms with Crippen LogP contribution in [0.2, 0.25) is 0 Å². The van der Waals surface area contributed by atoms with Crippen molar-refractivity contribution in [3.63, 3.8) is 0 Å². The molecule has 0 bridgehead atoms. The molecule has 6 heteroatoms. The molecule has 138 valence electrons. The monoisotopic (exact) mass is 348 g/mol. The fraction of sp³-hybridized carbons (Fsp3) is 0.632. The third kappa shape index (κ3) is 4.32. The van der Waals surface area contributed by atoms with Gasteiger partial charge >= 0.3 is 0 Å². The summed E-state index contributed by atoms with van der Waals surface area (Å²) >= 11 is 0. The molecule has 1 amide bonds. The molecule has 1 aliphatic carbocycles. The Hall–Kier alpha value is -1.63. The van der Waals surface area contributed by atoms with Crippen LogP contribution in [0, 0.1) is 0 Å². The summed E-state index contributed by atoms with van der Waals surface area (Å²) in [7, 11) is 3.76. The number of hydrogen-bond donors (Lipinski definition) is 1. The first-order chi connectivity index (χ1) is 12.1. The van der Waals surface area contributed by atoms with Crippen LogP contribution in [0.5, 0.6) is 5.75 Å². The topological polar surface area (TPSA) is 60.0 Å². The molecule has 3 rings (SSSR count). The van der Waals surface area contributed by atoms with Crippen molar-refractivity contribution in [2.75, 3.05) is 33.9 Å². The average molecular weight is 348 g/mol. The second kappa shape index (κ2) is 7.72. The third-order valence-electron chi connectivity index (χ3n) is 5.33. The van der Waals surface area contributed by atoms with Crippen LogP contribution in [0.1, 0.15) is 31.2 Å². The molecular weight excluding hydrogens is 320 g/mol. The van der Waals surface area contributed by atoms with E-state index in [-0.39, 0.29) is 5.54 Å². The molecule has 1 N–H and O–H groups in total. The highest BCUT2D eigenvalue weighted by Crippen LogP contribution is 2.40. The number of benzene rings is 1. The largest absolute Gasteiger partial charge is 0.497 e. The van der Waals surface area contributed by atoms with Gasteiger partial charge in [-0.1, -0.05) is 12.1 Å². The smallest absolute Gasteiger partial charge is 0.207 e. The summed E-state index contributed by atoms with van der Waals surface area (Å²) in [5.74, 6) is 0.447. The summed E-state index contributed by atoms with van der Waals surface area (Å²) in [6.45, 7) is 2.97. The van der Waals surface area contributed by atoms with E-state index in [0.29, 0.717) is 13.2 Å². The van der Waals surface area contributed by atoms with Gasteiger partial charge in [-0.25, -0.2) is 0 Å². The molecule has 1 heterocycles. The third-order valence-corrected chi connectivity index (χ3v) is 5.33. The summed E-state index contributed by atoms with van der Waals surface area (Å²) in [5.41, 5.74) is 1.00. The Balaban J connectivity index is 1.59. The first-order valence-corrected chi connectivity index (χ1v) is 8.89. The molecular formula is C19H28N2O4. The van der Waals surface area contributed by atoms with Gasteiger partial charge in [0.15, 0.2) is 5.79 Å². The predicted molar refractivity (Wildman–Crippen MR) is 94.4 cm³/mol. The number of ether oxygens (including phenoxy) is 3. The number of hydrogen-bond acceptors (Lipinski definition) is 5. The van der Waals surface area contributed by atoms with Gasteiger partial charge in [0.1, 0.15) is 5.75 Å². The molecule has 0 aromatic heterocycles. The number of amides is 1. The first-order valence-electron chi connectivity index (χ1n) is 8.89. The van der Waals surface area contributed by atoms with Crippen LogP contribution >= 0.6 is 0 Å². The zero-order valence-corrected chi connectivity index (χ0v) is 15.1. The second-order valence-electron chi connectivity index (χ2n) is 7.17. The molecule has 25 heavy (non-hydrogen) atoms. The molecule has 1 saturated heterocycles. The van der Waals surface area contributed by atoms with Crippen LogP contribution < -0.4 is 10.1 Å². The molecule has 0 radical (unpaired) electrons. The highest BCUT2D eigenvalue weighted by molar-refractivity contribution is 5.48. The van der Waals surface area contributed by atoms with Crippen molar-refractivity contribution in [2.45, 2.75) is 43.6 Å². The molecule has 1 aromatic rings. The standard InChI is InChI=1S/C19H28N2O4/c1-21(13-16-3-5-17(23-2)6-4-16)14-18(20-15-22)7-9-19(10-8-18)24-11-12-25-19/h3-6,15H,7-14H2,1-2H3,(H,20,22). The molecule has 1 saturated carbocycles. The lowest BCUT2D eigenvalue weighted by Gasteiger charge is -2.45. The average Bonchev–Trinajstić information content (AvgIpc) is 3.07. The van der Waals surface area contributed by atoms with Gasteiger partial charge in [-0.3, -0.25) is 9.69 Å². The second-order valence-corrected chi connectivity index (χ2v) is 7.17. The minimum Gasteiger partial charge on any atom is -0.497 e. The van der Waals surface area contributed by atoms with E-state index < -0.39 is 5.79 Å². The Morgan fingerprint density at radius 2 is 1.80 bits per heavy atom. The van der Waals surface area contributed by atoms with E-state index in [4.69, 9.17) is 14.2 Å². The molecule has 1 spiro atoms. The maximum atomic E-state index is 11.2. The minimum atomic E-state index is -0.414. The SMILES string of the molecule is COc1ccc(CN(C)CC2(NC=O)CCC3(CC2)OCCO3)cc1. The molecule has 6 nitrogen and oxygen atoms in total. The highest BCUT2D eigenvalue weighted by Gasteiger charge is 2.46. The number of likely N-dealkylation sites (N-methyl/N-ethyl adjacent to an activating group) is 1. The van der Waals surface area contributed by atoms with Crippen molar-refractivity contribution in [1.82, 2.24) is 10.2 Å². The van der Waals surface area contributed by atoms with E-state index in [1.807, 2.05) is 12.1 Å². The predicted octanol–water partition coefficient (Wildman–Crippen LogP) is 1.93. The lowest BCUT2D eigenvalue weighted by Crippen LogP contribution is -2.57. The van der Waals surface area contributed by atoms with Gasteiger partial charge in [-0.05, 0) is 37.6 Å². The number of nitrogens with zero attached hydrogens (tertiary/aromatic N) is 1. The normalized spacial score (nSPS) is 21.4. The molecule has 2 aliphatic rings. The van der Waals surface area contributed by atoms with E-state index in [0.717, 1.165) is 50.9 Å². The van der Waals surface area contributed by atoms with Crippen molar-refractivity contribution in [1.29, 1.82) is 0 Å². The van der Waals surface area contributed by atoms with Crippen molar-refractivity contribution in [2.24, 2.45) is 0 Å². The van der Waals surface area contributed by atoms with Crippen LogP contribution in [-0.2, 0) is 20.8 Å². The Morgan fingerprint density at radius 3 is 2.36 bits per heavy atom. The van der Waals surface area contributed by atoms with Crippen LogP contribution in [-0.4, -0.2) is 56.6 Å². The van der Waals surface area contributed by atoms with Crippen molar-refractivity contribution in [3.8, 4) is 5.75 Å². The number of methoxy groups -OCH3 is 1. The molecule has 1 aliphatic heterocycles. The maximum Gasteiger partial charge on any atom is 0.207 e. The summed E-state index contributed by atoms with van der Waals surface area (Å²) in [5, 5.41) is 3.09. The zero-order valence-electron chi connectivity index (χ0n) is 15.1. The van der Waals surface area contributed by atoms with Gasteiger partial charge in [0, 0.05) is 25.9 Å². The first kappa shape index (κ1) is 18.2. The Labute approximate surface area is 149 Å². The van der Waals surface area contributed by atoms with E-state index >= 15 is 0 Å². The Morgan fingerprint density at radius 1 is 1.16 bits per heavy atom. The summed E-state index contributed by atoms with van der Waals surface area (Å²) in [6, 6.07) is 8.10. The quantitative estimate of drug-likeness (QED) is 0.763. The summed E-state index contributed by atoms with van der Waals surface area (Å²) in [6.07, 6.45) is 4.20. The van der Waals surface area contributed by atoms with Crippen LogP contribution in [0.4, 0.5) is 0 Å². The maximum absolute atomic E-state index is 11.2. The van der Waals surface area contributed by atoms with Crippen LogP contribution in [0.15, 0.2) is 24.3 Å². The molecule has 2 fully saturated rings. The number of rotatable bonds is 7. The molecule has 0 unspecified atom stereocenters. The summed E-state index contributed by atoms with van der Waals surface area (Å²) in [4.78, 5) is 13.5. The van der Waals surface area contributed by atoms with E-state index in [9.17, 15) is 4.79 Å². The number of carbonyl (C=O) groups is 1. The Kier molecular flexibility index (Phi) is 5.61. The van der Waals surface area contributed by atoms with Gasteiger partial charge in [0.05, 0.1) is 25.9 Å². The van der Waals surface area contributed by atoms with Gasteiger partial charge in [0.2, 0.25) is 6.41 Å². The van der Waals surface area contributed by atoms with Gasteiger partial charge in [-0.2, -0.15) is 0 Å². The minimum absolute atomic E-state index is 0.219. The Bertz CT molecular complexity index is 559. The van der Waals surface area contributed by atoms with Crippen LogP contribution in [0.25, 0.3) is 0 Å². The van der Waals surface area contributed by atoms with Gasteiger partial charge in [-0.15, -0.1) is 0 Å². The number of nitrogens with one attached hydrogen (secondary N) is 1. The van der Waals surface area contributed by atoms with E-state index in [1.165, 1.54) is 5.56 Å². The van der Waals surface area contributed by atoms with Crippen molar-refractivity contribution < 1.29 is 19.0 Å². The summed E-state index contributed by atoms with van der Waals surface area (Å²) < 4.78 is 16.8. The van der Waals surface area contributed by atoms with Crippen molar-refractivity contribution >= 4 is 6.41 Å². The van der Waals surface area contributed by atoms with Gasteiger partial charge in [0.25, 0.3) is 0 Å². The van der Waals surface area contributed by atoms with E-state index in [2.05, 4.69) is 29.4 Å². The highest BCUT2D eigenvalue weighted by atomic mass is 16.7. The number of carbonyl (C=O) groups excluding carboxylic acids is 1. The van der Waals surface area contributed by atoms with Gasteiger partial charge < -0.3 is 19.5 Å². The fourth-order valence-corrected chi connectivity index (χ4v) is 3.98. The zero-order chi connectivity index (χ0) is 17.8. The molecule has 0 atom stereocenters. The van der Waals surface area contributed by atoms with E-state index in [1.54, 1.807) is 7.11 Å².